The zero-order valence-electron chi connectivity index (χ0n) is 17.4. The quantitative estimate of drug-likeness (QED) is 0.678. The number of benzene rings is 2. The zero-order chi connectivity index (χ0) is 22.8. The van der Waals surface area contributed by atoms with E-state index < -0.39 is 21.9 Å². The molecule has 1 fully saturated rings. The van der Waals surface area contributed by atoms with Crippen molar-refractivity contribution < 1.29 is 27.5 Å². The van der Waals surface area contributed by atoms with Crippen LogP contribution in [0.5, 0.6) is 0 Å². The molecule has 1 saturated heterocycles. The number of esters is 1. The van der Waals surface area contributed by atoms with Crippen molar-refractivity contribution in [3.63, 3.8) is 0 Å². The third-order valence-corrected chi connectivity index (χ3v) is 6.83. The number of ether oxygens (including phenoxy) is 1. The van der Waals surface area contributed by atoms with Gasteiger partial charge in [0.2, 0.25) is 21.8 Å². The average molecular weight is 445 g/mol. The number of methoxy groups -OCH3 is 1. The second-order valence-corrected chi connectivity index (χ2v) is 9.40. The monoisotopic (exact) mass is 445 g/mol. The van der Waals surface area contributed by atoms with Crippen LogP contribution in [0.1, 0.15) is 16.8 Å². The first kappa shape index (κ1) is 22.4. The summed E-state index contributed by atoms with van der Waals surface area (Å²) < 4.78 is 30.1. The van der Waals surface area contributed by atoms with Crippen molar-refractivity contribution in [2.45, 2.75) is 11.3 Å². The number of carbonyl (C=O) groups excluding carboxylic acids is 3. The molecular weight excluding hydrogens is 422 g/mol. The van der Waals surface area contributed by atoms with E-state index in [1.165, 1.54) is 50.4 Å². The number of nitrogens with one attached hydrogen (secondary N) is 1. The van der Waals surface area contributed by atoms with Crippen molar-refractivity contribution >= 4 is 39.2 Å². The summed E-state index contributed by atoms with van der Waals surface area (Å²) in [6.07, 6.45) is 0.0455. The Labute approximate surface area is 180 Å². The highest BCUT2D eigenvalue weighted by atomic mass is 32.2. The summed E-state index contributed by atoms with van der Waals surface area (Å²) in [5.41, 5.74) is 1.39. The minimum Gasteiger partial charge on any atom is -0.465 e. The van der Waals surface area contributed by atoms with Crippen LogP contribution in [-0.2, 0) is 24.3 Å². The number of hydrogen-bond donors (Lipinski definition) is 1. The molecule has 2 amide bonds. The van der Waals surface area contributed by atoms with Crippen LogP contribution < -0.4 is 10.2 Å². The SMILES string of the molecule is COC(=O)c1ccc(NC(=O)C2CC(=O)N(c3ccc(S(=O)(=O)N(C)C)cc3)C2)cc1. The van der Waals surface area contributed by atoms with E-state index in [2.05, 4.69) is 10.1 Å². The molecule has 1 unspecified atom stereocenters. The van der Waals surface area contributed by atoms with E-state index in [1.54, 1.807) is 24.3 Å². The fourth-order valence-corrected chi connectivity index (χ4v) is 4.10. The van der Waals surface area contributed by atoms with Gasteiger partial charge in [0.1, 0.15) is 0 Å². The number of nitrogens with zero attached hydrogens (tertiary/aromatic N) is 2. The van der Waals surface area contributed by atoms with Gasteiger partial charge in [0.15, 0.2) is 0 Å². The van der Waals surface area contributed by atoms with Crippen molar-refractivity contribution in [2.24, 2.45) is 5.92 Å². The lowest BCUT2D eigenvalue weighted by Crippen LogP contribution is -2.28. The number of sulfonamides is 1. The Morgan fingerprint density at radius 2 is 1.68 bits per heavy atom. The smallest absolute Gasteiger partial charge is 0.337 e. The number of rotatable bonds is 6. The first-order chi connectivity index (χ1) is 14.6. The van der Waals surface area contributed by atoms with Gasteiger partial charge >= 0.3 is 5.97 Å². The third kappa shape index (κ3) is 4.75. The molecule has 0 aromatic heterocycles. The maximum atomic E-state index is 12.6. The normalized spacial score (nSPS) is 16.5. The lowest BCUT2D eigenvalue weighted by molar-refractivity contribution is -0.122. The first-order valence-electron chi connectivity index (χ1n) is 9.45. The highest BCUT2D eigenvalue weighted by Gasteiger charge is 2.35. The predicted molar refractivity (Wildman–Crippen MR) is 114 cm³/mol. The molecule has 3 rings (SSSR count). The topological polar surface area (TPSA) is 113 Å². The second-order valence-electron chi connectivity index (χ2n) is 7.24. The van der Waals surface area contributed by atoms with Gasteiger partial charge < -0.3 is 15.0 Å². The summed E-state index contributed by atoms with van der Waals surface area (Å²) in [5, 5.41) is 2.75. The van der Waals surface area contributed by atoms with Crippen molar-refractivity contribution in [3.8, 4) is 0 Å². The van der Waals surface area contributed by atoms with E-state index in [0.717, 1.165) is 4.31 Å². The van der Waals surface area contributed by atoms with Gasteiger partial charge in [0.25, 0.3) is 0 Å². The van der Waals surface area contributed by atoms with Crippen molar-refractivity contribution in [2.75, 3.05) is 38.0 Å². The first-order valence-corrected chi connectivity index (χ1v) is 10.9. The predicted octanol–water partition coefficient (Wildman–Crippen LogP) is 1.72. The molecule has 1 aliphatic heterocycles. The van der Waals surface area contributed by atoms with Crippen LogP contribution in [0.3, 0.4) is 0 Å². The lowest BCUT2D eigenvalue weighted by Gasteiger charge is -2.18. The maximum absolute atomic E-state index is 12.6. The van der Waals surface area contributed by atoms with Crippen LogP contribution in [-0.4, -0.2) is 58.3 Å². The van der Waals surface area contributed by atoms with Crippen LogP contribution in [0.2, 0.25) is 0 Å². The van der Waals surface area contributed by atoms with E-state index in [9.17, 15) is 22.8 Å². The maximum Gasteiger partial charge on any atom is 0.337 e. The summed E-state index contributed by atoms with van der Waals surface area (Å²) in [7, 11) is 0.612. The van der Waals surface area contributed by atoms with Gasteiger partial charge in [0.05, 0.1) is 23.5 Å². The summed E-state index contributed by atoms with van der Waals surface area (Å²) >= 11 is 0. The standard InChI is InChI=1S/C21H23N3O6S/c1-23(2)31(28,29)18-10-8-17(9-11-18)24-13-15(12-19(24)25)20(26)22-16-6-4-14(5-7-16)21(27)30-3/h4-11,15H,12-13H2,1-3H3,(H,22,26). The molecule has 9 nitrogen and oxygen atoms in total. The largest absolute Gasteiger partial charge is 0.465 e. The van der Waals surface area contributed by atoms with Crippen LogP contribution in [0.25, 0.3) is 0 Å². The molecule has 10 heteroatoms. The van der Waals surface area contributed by atoms with Crippen LogP contribution in [0, 0.1) is 5.92 Å². The second kappa shape index (κ2) is 8.86. The molecule has 0 bridgehead atoms. The summed E-state index contributed by atoms with van der Waals surface area (Å²) in [4.78, 5) is 38.1. The fourth-order valence-electron chi connectivity index (χ4n) is 3.19. The molecule has 1 aliphatic rings. The number of anilines is 2. The average Bonchev–Trinajstić information content (AvgIpc) is 3.15. The van der Waals surface area contributed by atoms with Gasteiger partial charge in [-0.2, -0.15) is 0 Å². The van der Waals surface area contributed by atoms with Gasteiger partial charge in [-0.15, -0.1) is 0 Å². The Morgan fingerprint density at radius 3 is 2.23 bits per heavy atom. The van der Waals surface area contributed by atoms with E-state index >= 15 is 0 Å². The molecule has 31 heavy (non-hydrogen) atoms. The van der Waals surface area contributed by atoms with Gasteiger partial charge in [0, 0.05) is 38.4 Å². The van der Waals surface area contributed by atoms with Gasteiger partial charge in [-0.05, 0) is 48.5 Å². The summed E-state index contributed by atoms with van der Waals surface area (Å²) in [5.74, 6) is -1.56. The van der Waals surface area contributed by atoms with Crippen molar-refractivity contribution in [1.29, 1.82) is 0 Å². The lowest BCUT2D eigenvalue weighted by atomic mass is 10.1. The van der Waals surface area contributed by atoms with E-state index in [1.807, 2.05) is 0 Å². The van der Waals surface area contributed by atoms with E-state index in [-0.39, 0.29) is 29.7 Å². The van der Waals surface area contributed by atoms with Gasteiger partial charge in [-0.1, -0.05) is 0 Å². The molecular formula is C21H23N3O6S. The Hall–Kier alpha value is -3.24. The minimum atomic E-state index is -3.56. The molecule has 0 spiro atoms. The molecule has 1 atom stereocenters. The third-order valence-electron chi connectivity index (χ3n) is 5.00. The van der Waals surface area contributed by atoms with Gasteiger partial charge in [-0.25, -0.2) is 17.5 Å². The molecule has 2 aromatic carbocycles. The Morgan fingerprint density at radius 1 is 1.06 bits per heavy atom. The number of amides is 2. The zero-order valence-corrected chi connectivity index (χ0v) is 18.2. The highest BCUT2D eigenvalue weighted by molar-refractivity contribution is 7.89. The number of hydrogen-bond acceptors (Lipinski definition) is 6. The molecule has 0 radical (unpaired) electrons. The molecule has 1 N–H and O–H groups in total. The Bertz CT molecular complexity index is 1090. The Balaban J connectivity index is 1.67. The summed E-state index contributed by atoms with van der Waals surface area (Å²) in [6.45, 7) is 0.185. The fraction of sp³-hybridized carbons (Fsp3) is 0.286. The number of carbonyl (C=O) groups is 3. The summed E-state index contributed by atoms with van der Waals surface area (Å²) in [6, 6.07) is 12.2. The van der Waals surface area contributed by atoms with Gasteiger partial charge in [-0.3, -0.25) is 9.59 Å². The van der Waals surface area contributed by atoms with E-state index in [4.69, 9.17) is 0 Å². The van der Waals surface area contributed by atoms with E-state index in [0.29, 0.717) is 16.9 Å². The highest BCUT2D eigenvalue weighted by Crippen LogP contribution is 2.27. The molecule has 2 aromatic rings. The van der Waals surface area contributed by atoms with Crippen LogP contribution in [0.15, 0.2) is 53.4 Å². The van der Waals surface area contributed by atoms with Crippen LogP contribution in [0.4, 0.5) is 11.4 Å². The molecule has 0 saturated carbocycles. The Kier molecular flexibility index (Phi) is 6.42. The van der Waals surface area contributed by atoms with Crippen molar-refractivity contribution in [3.05, 3.63) is 54.1 Å². The van der Waals surface area contributed by atoms with Crippen molar-refractivity contribution in [1.82, 2.24) is 4.31 Å². The minimum absolute atomic E-state index is 0.0455. The molecule has 164 valence electrons. The van der Waals surface area contributed by atoms with Crippen LogP contribution >= 0.6 is 0 Å². The molecule has 0 aliphatic carbocycles. The molecule has 1 heterocycles.